The van der Waals surface area contributed by atoms with Crippen LogP contribution in [0.3, 0.4) is 0 Å². The standard InChI is InChI=1S/C12H18N2O/c1-3-11(14-13)12(15-4-2)10-8-6-5-7-9-10/h3,5-9,11-12,14H,1,4,13H2,2H3. The molecule has 0 fully saturated rings. The maximum absolute atomic E-state index is 5.66. The van der Waals surface area contributed by atoms with Gasteiger partial charge in [0.1, 0.15) is 6.10 Å². The van der Waals surface area contributed by atoms with Crippen LogP contribution in [-0.2, 0) is 4.74 Å². The van der Waals surface area contributed by atoms with E-state index in [1.54, 1.807) is 6.08 Å². The summed E-state index contributed by atoms with van der Waals surface area (Å²) in [5, 5.41) is 0. The molecule has 0 aliphatic heterocycles. The average molecular weight is 206 g/mol. The van der Waals surface area contributed by atoms with Gasteiger partial charge in [-0.15, -0.1) is 6.58 Å². The summed E-state index contributed by atoms with van der Waals surface area (Å²) in [6.45, 7) is 6.35. The first-order valence-electron chi connectivity index (χ1n) is 5.08. The zero-order valence-electron chi connectivity index (χ0n) is 9.02. The molecule has 0 saturated heterocycles. The maximum atomic E-state index is 5.66. The van der Waals surface area contributed by atoms with E-state index in [2.05, 4.69) is 12.0 Å². The van der Waals surface area contributed by atoms with Gasteiger partial charge in [0.05, 0.1) is 6.04 Å². The van der Waals surface area contributed by atoms with Crippen LogP contribution >= 0.6 is 0 Å². The molecule has 15 heavy (non-hydrogen) atoms. The van der Waals surface area contributed by atoms with Crippen LogP contribution in [-0.4, -0.2) is 12.6 Å². The molecule has 0 heterocycles. The van der Waals surface area contributed by atoms with Crippen molar-refractivity contribution < 1.29 is 4.74 Å². The summed E-state index contributed by atoms with van der Waals surface area (Å²) in [6.07, 6.45) is 1.67. The van der Waals surface area contributed by atoms with Gasteiger partial charge in [-0.05, 0) is 12.5 Å². The largest absolute Gasteiger partial charge is 0.372 e. The second-order valence-electron chi connectivity index (χ2n) is 3.21. The van der Waals surface area contributed by atoms with E-state index in [0.717, 1.165) is 5.56 Å². The first-order chi connectivity index (χ1) is 7.33. The fourth-order valence-electron chi connectivity index (χ4n) is 1.51. The molecule has 0 aliphatic rings. The Morgan fingerprint density at radius 3 is 2.60 bits per heavy atom. The van der Waals surface area contributed by atoms with Crippen molar-refractivity contribution in [2.45, 2.75) is 19.1 Å². The van der Waals surface area contributed by atoms with Gasteiger partial charge in [0, 0.05) is 6.61 Å². The van der Waals surface area contributed by atoms with E-state index in [-0.39, 0.29) is 12.1 Å². The molecule has 2 atom stereocenters. The molecule has 1 rings (SSSR count). The highest BCUT2D eigenvalue weighted by Crippen LogP contribution is 2.21. The Labute approximate surface area is 90.9 Å². The van der Waals surface area contributed by atoms with Crippen molar-refractivity contribution in [3.63, 3.8) is 0 Å². The van der Waals surface area contributed by atoms with Crippen LogP contribution in [0.5, 0.6) is 0 Å². The van der Waals surface area contributed by atoms with E-state index in [1.165, 1.54) is 0 Å². The van der Waals surface area contributed by atoms with Gasteiger partial charge in [0.15, 0.2) is 0 Å². The number of hydrazine groups is 1. The van der Waals surface area contributed by atoms with Crippen LogP contribution < -0.4 is 11.3 Å². The Morgan fingerprint density at radius 2 is 2.13 bits per heavy atom. The lowest BCUT2D eigenvalue weighted by atomic mass is 10.0. The van der Waals surface area contributed by atoms with Gasteiger partial charge in [0.25, 0.3) is 0 Å². The molecule has 3 N–H and O–H groups in total. The fourth-order valence-corrected chi connectivity index (χ4v) is 1.51. The number of hydrogen-bond acceptors (Lipinski definition) is 3. The molecule has 82 valence electrons. The molecule has 0 bridgehead atoms. The number of hydrogen-bond donors (Lipinski definition) is 2. The SMILES string of the molecule is C=CC(NN)C(OCC)c1ccccc1. The summed E-state index contributed by atoms with van der Waals surface area (Å²) in [5.41, 5.74) is 3.79. The van der Waals surface area contributed by atoms with Gasteiger partial charge in [-0.2, -0.15) is 0 Å². The Bertz CT molecular complexity index is 287. The van der Waals surface area contributed by atoms with Crippen molar-refractivity contribution in [3.8, 4) is 0 Å². The molecule has 3 heteroatoms. The topological polar surface area (TPSA) is 47.3 Å². The van der Waals surface area contributed by atoms with E-state index < -0.39 is 0 Å². The van der Waals surface area contributed by atoms with Crippen molar-refractivity contribution in [2.75, 3.05) is 6.61 Å². The maximum Gasteiger partial charge on any atom is 0.103 e. The summed E-state index contributed by atoms with van der Waals surface area (Å²) >= 11 is 0. The lowest BCUT2D eigenvalue weighted by Crippen LogP contribution is -2.39. The Kier molecular flexibility index (Phi) is 5.04. The van der Waals surface area contributed by atoms with Crippen LogP contribution in [0.1, 0.15) is 18.6 Å². The molecule has 0 amide bonds. The predicted molar refractivity (Wildman–Crippen MR) is 62.1 cm³/mol. The van der Waals surface area contributed by atoms with Gasteiger partial charge in [0.2, 0.25) is 0 Å². The monoisotopic (exact) mass is 206 g/mol. The van der Waals surface area contributed by atoms with Crippen LogP contribution in [0.4, 0.5) is 0 Å². The molecule has 0 radical (unpaired) electrons. The van der Waals surface area contributed by atoms with Crippen LogP contribution in [0, 0.1) is 0 Å². The van der Waals surface area contributed by atoms with Gasteiger partial charge < -0.3 is 4.74 Å². The molecule has 1 aromatic rings. The molecule has 2 unspecified atom stereocenters. The molecule has 0 aromatic heterocycles. The lowest BCUT2D eigenvalue weighted by Gasteiger charge is -2.24. The van der Waals surface area contributed by atoms with E-state index in [0.29, 0.717) is 6.61 Å². The molecule has 0 saturated carbocycles. The third kappa shape index (κ3) is 3.16. The summed E-state index contributed by atoms with van der Waals surface area (Å²) in [6, 6.07) is 9.91. The highest BCUT2D eigenvalue weighted by atomic mass is 16.5. The van der Waals surface area contributed by atoms with Gasteiger partial charge in [-0.25, -0.2) is 0 Å². The predicted octanol–water partition coefficient (Wildman–Crippen LogP) is 1.78. The average Bonchev–Trinajstić information content (AvgIpc) is 2.30. The number of nitrogens with one attached hydrogen (secondary N) is 1. The molecule has 0 spiro atoms. The minimum absolute atomic E-state index is 0.0765. The number of rotatable bonds is 6. The van der Waals surface area contributed by atoms with Crippen LogP contribution in [0.2, 0.25) is 0 Å². The molecule has 3 nitrogen and oxygen atoms in total. The Hall–Kier alpha value is -1.16. The van der Waals surface area contributed by atoms with Crippen molar-refractivity contribution in [1.29, 1.82) is 0 Å². The van der Waals surface area contributed by atoms with Gasteiger partial charge in [-0.3, -0.25) is 11.3 Å². The second-order valence-corrected chi connectivity index (χ2v) is 3.21. The van der Waals surface area contributed by atoms with E-state index in [9.17, 15) is 0 Å². The lowest BCUT2D eigenvalue weighted by molar-refractivity contribution is 0.0451. The molecule has 1 aromatic carbocycles. The summed E-state index contributed by atoms with van der Waals surface area (Å²) in [5.74, 6) is 5.45. The second kappa shape index (κ2) is 6.35. The van der Waals surface area contributed by atoms with Crippen molar-refractivity contribution in [2.24, 2.45) is 5.84 Å². The molecular weight excluding hydrogens is 188 g/mol. The van der Waals surface area contributed by atoms with Crippen molar-refractivity contribution >= 4 is 0 Å². The van der Waals surface area contributed by atoms with E-state index >= 15 is 0 Å². The van der Waals surface area contributed by atoms with Crippen LogP contribution in [0.25, 0.3) is 0 Å². The highest BCUT2D eigenvalue weighted by molar-refractivity contribution is 5.20. The number of benzene rings is 1. The normalized spacial score (nSPS) is 14.5. The minimum Gasteiger partial charge on any atom is -0.372 e. The van der Waals surface area contributed by atoms with Crippen molar-refractivity contribution in [1.82, 2.24) is 5.43 Å². The number of nitrogens with two attached hydrogens (primary N) is 1. The smallest absolute Gasteiger partial charge is 0.103 e. The summed E-state index contributed by atoms with van der Waals surface area (Å²) in [4.78, 5) is 0. The number of ether oxygens (including phenoxy) is 1. The molecule has 0 aliphatic carbocycles. The summed E-state index contributed by atoms with van der Waals surface area (Å²) < 4.78 is 5.66. The van der Waals surface area contributed by atoms with Crippen molar-refractivity contribution in [3.05, 3.63) is 48.6 Å². The zero-order valence-corrected chi connectivity index (χ0v) is 9.02. The Morgan fingerprint density at radius 1 is 1.47 bits per heavy atom. The summed E-state index contributed by atoms with van der Waals surface area (Å²) in [7, 11) is 0. The Balaban J connectivity index is 2.86. The van der Waals surface area contributed by atoms with Gasteiger partial charge >= 0.3 is 0 Å². The quantitative estimate of drug-likeness (QED) is 0.424. The van der Waals surface area contributed by atoms with E-state index in [1.807, 2.05) is 37.3 Å². The molecular formula is C12H18N2O. The van der Waals surface area contributed by atoms with E-state index in [4.69, 9.17) is 10.6 Å². The van der Waals surface area contributed by atoms with Gasteiger partial charge in [-0.1, -0.05) is 36.4 Å². The van der Waals surface area contributed by atoms with Crippen LogP contribution in [0.15, 0.2) is 43.0 Å². The first-order valence-corrected chi connectivity index (χ1v) is 5.08. The minimum atomic E-state index is -0.0845. The zero-order chi connectivity index (χ0) is 11.1. The third-order valence-corrected chi connectivity index (χ3v) is 2.25. The highest BCUT2D eigenvalue weighted by Gasteiger charge is 2.19. The first kappa shape index (κ1) is 11.9. The fraction of sp³-hybridized carbons (Fsp3) is 0.333. The third-order valence-electron chi connectivity index (χ3n) is 2.25.